The van der Waals surface area contributed by atoms with Crippen molar-refractivity contribution in [3.63, 3.8) is 0 Å². The molecule has 0 aromatic heterocycles. The molecule has 0 aliphatic carbocycles. The van der Waals surface area contributed by atoms with Gasteiger partial charge in [-0.1, -0.05) is 0 Å². The predicted octanol–water partition coefficient (Wildman–Crippen LogP) is 1.01. The number of aliphatic imine (C=N–C) groups is 1. The van der Waals surface area contributed by atoms with Crippen LogP contribution in [0.25, 0.3) is 0 Å². The summed E-state index contributed by atoms with van der Waals surface area (Å²) in [7, 11) is 3.85. The largest absolute Gasteiger partial charge is 1.00 e. The Morgan fingerprint density at radius 3 is 1.76 bits per heavy atom. The first-order valence-electron chi connectivity index (χ1n) is 13.4. The number of hydrogen-bond donors (Lipinski definition) is 3. The molecule has 1 atom stereocenters. The van der Waals surface area contributed by atoms with Crippen molar-refractivity contribution < 1.29 is 25.9 Å². The maximum Gasteiger partial charge on any atom is -1.00 e. The topological polar surface area (TPSA) is 74.7 Å². The fraction of sp³-hybridized carbons (Fsp3) is 0.188. The van der Waals surface area contributed by atoms with Crippen LogP contribution in [-0.2, 0) is 0 Å². The monoisotopic (exact) mass is 591 g/mol. The summed E-state index contributed by atoms with van der Waals surface area (Å²) in [5, 5.41) is 8.55. The van der Waals surface area contributed by atoms with Crippen molar-refractivity contribution in [2.24, 2.45) is 10.7 Å². The minimum absolute atomic E-state index is 0. The van der Waals surface area contributed by atoms with E-state index in [0.717, 1.165) is 33.2 Å². The number of ether oxygens (including phenoxy) is 1. The molecular formula is C32H36ClFN5OP. The van der Waals surface area contributed by atoms with E-state index < -0.39 is 6.91 Å². The van der Waals surface area contributed by atoms with E-state index in [1.165, 1.54) is 0 Å². The molecule has 9 heteroatoms. The van der Waals surface area contributed by atoms with Crippen LogP contribution in [0.15, 0.2) is 120 Å². The molecule has 6 nitrogen and oxygen atoms in total. The SMILES string of the molecule is C[N+](C)=C1NC(N)=NC(c2ccc(OCCCP(F)(c3ccccc3)(c3ccccc3)c3ccccc3)cc2)N1.[Cl-]. The van der Waals surface area contributed by atoms with Crippen LogP contribution in [0.1, 0.15) is 18.2 Å². The van der Waals surface area contributed by atoms with Crippen LogP contribution >= 0.6 is 6.91 Å². The van der Waals surface area contributed by atoms with Crippen molar-refractivity contribution in [1.82, 2.24) is 10.6 Å². The number of rotatable bonds is 9. The third-order valence-electron chi connectivity index (χ3n) is 7.31. The Balaban J connectivity index is 0.00000387. The van der Waals surface area contributed by atoms with E-state index in [0.29, 0.717) is 25.1 Å². The number of nitrogens with two attached hydrogens (primary N) is 1. The van der Waals surface area contributed by atoms with Crippen LogP contribution in [0, 0.1) is 0 Å². The summed E-state index contributed by atoms with van der Waals surface area (Å²) in [6, 6.07) is 36.7. The fourth-order valence-corrected chi connectivity index (χ4v) is 10.0. The number of benzene rings is 4. The molecule has 214 valence electrons. The van der Waals surface area contributed by atoms with Gasteiger partial charge in [-0.25, -0.2) is 0 Å². The third-order valence-corrected chi connectivity index (χ3v) is 12.6. The first kappa shape index (κ1) is 30.0. The van der Waals surface area contributed by atoms with Crippen LogP contribution in [-0.4, -0.2) is 43.4 Å². The van der Waals surface area contributed by atoms with E-state index in [2.05, 4.69) is 15.6 Å². The first-order valence-corrected chi connectivity index (χ1v) is 15.7. The van der Waals surface area contributed by atoms with E-state index in [1.807, 2.05) is 134 Å². The van der Waals surface area contributed by atoms with E-state index in [4.69, 9.17) is 10.5 Å². The van der Waals surface area contributed by atoms with Gasteiger partial charge in [-0.05, 0) is 0 Å². The van der Waals surface area contributed by atoms with Gasteiger partial charge in [0.2, 0.25) is 0 Å². The van der Waals surface area contributed by atoms with E-state index >= 15 is 4.20 Å². The number of hydrogen-bond acceptors (Lipinski definition) is 3. The zero-order valence-electron chi connectivity index (χ0n) is 23.3. The van der Waals surface area contributed by atoms with Crippen molar-refractivity contribution in [3.8, 4) is 5.75 Å². The Morgan fingerprint density at radius 2 is 1.29 bits per heavy atom. The predicted molar refractivity (Wildman–Crippen MR) is 165 cm³/mol. The van der Waals surface area contributed by atoms with Gasteiger partial charge >= 0.3 is 222 Å². The normalized spacial score (nSPS) is 15.7. The zero-order valence-corrected chi connectivity index (χ0v) is 24.9. The minimum Gasteiger partial charge on any atom is -1.00 e. The molecule has 0 bridgehead atoms. The summed E-state index contributed by atoms with van der Waals surface area (Å²) in [6.45, 7) is -3.87. The van der Waals surface area contributed by atoms with Gasteiger partial charge in [-0.3, -0.25) is 0 Å². The second-order valence-electron chi connectivity index (χ2n) is 10.1. The van der Waals surface area contributed by atoms with Crippen LogP contribution in [0.5, 0.6) is 5.75 Å². The van der Waals surface area contributed by atoms with Gasteiger partial charge in [-0.2, -0.15) is 0 Å². The number of guanidine groups is 2. The summed E-state index contributed by atoms with van der Waals surface area (Å²) >= 11 is 0. The van der Waals surface area contributed by atoms with Crippen molar-refractivity contribution >= 4 is 34.7 Å². The molecule has 41 heavy (non-hydrogen) atoms. The van der Waals surface area contributed by atoms with Crippen LogP contribution < -0.4 is 49.4 Å². The Morgan fingerprint density at radius 1 is 0.805 bits per heavy atom. The summed E-state index contributed by atoms with van der Waals surface area (Å²) in [5.41, 5.74) is 6.93. The smallest absolute Gasteiger partial charge is 1.00 e. The van der Waals surface area contributed by atoms with Crippen LogP contribution in [0.4, 0.5) is 4.20 Å². The maximum atomic E-state index is 18.5. The number of nitrogens with zero attached hydrogens (tertiary/aromatic N) is 2. The van der Waals surface area contributed by atoms with Gasteiger partial charge in [0.05, 0.1) is 14.1 Å². The average molecular weight is 592 g/mol. The molecule has 0 radical (unpaired) electrons. The molecule has 1 aliphatic rings. The molecular weight excluding hydrogens is 556 g/mol. The first-order chi connectivity index (χ1) is 19.4. The molecule has 1 unspecified atom stereocenters. The Labute approximate surface area is 247 Å². The van der Waals surface area contributed by atoms with E-state index in [9.17, 15) is 0 Å². The van der Waals surface area contributed by atoms with Gasteiger partial charge in [0.1, 0.15) is 0 Å². The number of nitrogens with one attached hydrogen (secondary N) is 2. The second kappa shape index (κ2) is 12.7. The summed E-state index contributed by atoms with van der Waals surface area (Å²) in [5.74, 6) is 1.86. The minimum atomic E-state index is -4.26. The van der Waals surface area contributed by atoms with Crippen molar-refractivity contribution in [2.75, 3.05) is 26.9 Å². The molecule has 4 N–H and O–H groups in total. The van der Waals surface area contributed by atoms with Gasteiger partial charge < -0.3 is 12.4 Å². The summed E-state index contributed by atoms with van der Waals surface area (Å²) in [6.07, 6.45) is 0.595. The maximum absolute atomic E-state index is 18.5. The Kier molecular flexibility index (Phi) is 9.31. The average Bonchev–Trinajstić information content (AvgIpc) is 3.00. The molecule has 0 amide bonds. The standard InChI is InChI=1S/C32H35FN5OP.ClH/c1-38(2)32-36-30(35-31(34)37-32)25-19-21-26(22-20-25)39-23-12-24-40(33,27-13-6-3-7-14-27,28-15-8-4-9-16-28)29-17-10-5-11-18-29;/h3-11,13-22,30H,12,23-24H2,1-2H3,(H3,34,35,36,37);1H. The van der Waals surface area contributed by atoms with Crippen LogP contribution in [0.2, 0.25) is 0 Å². The molecule has 4 aromatic rings. The molecule has 1 heterocycles. The quantitative estimate of drug-likeness (QED) is 0.154. The van der Waals surface area contributed by atoms with Gasteiger partial charge in [-0.15, -0.1) is 0 Å². The second-order valence-corrected chi connectivity index (χ2v) is 14.5. The molecule has 1 aliphatic heterocycles. The van der Waals surface area contributed by atoms with Gasteiger partial charge in [0.25, 0.3) is 0 Å². The Bertz CT molecular complexity index is 1400. The third kappa shape index (κ3) is 6.07. The zero-order chi connectivity index (χ0) is 28.0. The number of halogens is 2. The Hall–Kier alpha value is -3.93. The fourth-order valence-electron chi connectivity index (χ4n) is 5.24. The van der Waals surface area contributed by atoms with Gasteiger partial charge in [0.15, 0.2) is 0 Å². The molecule has 0 saturated carbocycles. The van der Waals surface area contributed by atoms with Crippen molar-refractivity contribution in [2.45, 2.75) is 12.6 Å². The van der Waals surface area contributed by atoms with E-state index in [-0.39, 0.29) is 18.6 Å². The summed E-state index contributed by atoms with van der Waals surface area (Å²) in [4.78, 5) is 4.46. The molecule has 5 rings (SSSR count). The molecule has 0 saturated heterocycles. The molecule has 4 aromatic carbocycles. The van der Waals surface area contributed by atoms with Gasteiger partial charge in [0, 0.05) is 0 Å². The molecule has 0 spiro atoms. The van der Waals surface area contributed by atoms with E-state index in [1.54, 1.807) is 0 Å². The van der Waals surface area contributed by atoms with Crippen molar-refractivity contribution in [3.05, 3.63) is 121 Å². The summed E-state index contributed by atoms with van der Waals surface area (Å²) < 4.78 is 26.6. The van der Waals surface area contributed by atoms with Crippen molar-refractivity contribution in [1.29, 1.82) is 0 Å². The molecule has 0 fully saturated rings. The van der Waals surface area contributed by atoms with Crippen LogP contribution in [0.3, 0.4) is 0 Å².